The minimum Gasteiger partial charge on any atom is -0.506 e. The molecule has 0 spiro atoms. The van der Waals surface area contributed by atoms with Gasteiger partial charge in [-0.2, -0.15) is 0 Å². The summed E-state index contributed by atoms with van der Waals surface area (Å²) in [6, 6.07) is 14.4. The largest absolute Gasteiger partial charge is 0.506 e. The Morgan fingerprint density at radius 2 is 1.76 bits per heavy atom. The molecule has 2 N–H and O–H groups in total. The zero-order valence-corrected chi connectivity index (χ0v) is 16.3. The topological polar surface area (TPSA) is 106 Å². The maximum atomic E-state index is 12.3. The molecule has 7 nitrogen and oxygen atoms in total. The summed E-state index contributed by atoms with van der Waals surface area (Å²) >= 11 is 0. The van der Waals surface area contributed by atoms with Crippen LogP contribution in [-0.4, -0.2) is 29.1 Å². The SMILES string of the molecule is CC(C)(C)OC(=O)CNC(=O)c1c(O)c2ccc(-c3ccccc3)cc2oc1=O. The van der Waals surface area contributed by atoms with Gasteiger partial charge in [0.2, 0.25) is 0 Å². The van der Waals surface area contributed by atoms with Gasteiger partial charge in [0.15, 0.2) is 5.56 Å². The Labute approximate surface area is 166 Å². The molecule has 0 bridgehead atoms. The van der Waals surface area contributed by atoms with Gasteiger partial charge in [-0.3, -0.25) is 9.59 Å². The normalized spacial score (nSPS) is 11.3. The molecule has 0 aliphatic heterocycles. The third-order valence-electron chi connectivity index (χ3n) is 4.03. The zero-order chi connectivity index (χ0) is 21.2. The van der Waals surface area contributed by atoms with E-state index in [1.807, 2.05) is 30.3 Å². The highest BCUT2D eigenvalue weighted by Gasteiger charge is 2.23. The van der Waals surface area contributed by atoms with Crippen molar-refractivity contribution < 1.29 is 23.8 Å². The zero-order valence-electron chi connectivity index (χ0n) is 16.3. The highest BCUT2D eigenvalue weighted by atomic mass is 16.6. The third kappa shape index (κ3) is 4.63. The van der Waals surface area contributed by atoms with Gasteiger partial charge in [0.05, 0.1) is 5.39 Å². The van der Waals surface area contributed by atoms with Crippen LogP contribution in [0, 0.1) is 0 Å². The quantitative estimate of drug-likeness (QED) is 0.519. The van der Waals surface area contributed by atoms with Gasteiger partial charge in [0.1, 0.15) is 23.5 Å². The molecule has 0 unspecified atom stereocenters. The molecule has 0 aliphatic carbocycles. The smallest absolute Gasteiger partial charge is 0.353 e. The molecule has 7 heteroatoms. The highest BCUT2D eigenvalue weighted by molar-refractivity contribution is 6.02. The van der Waals surface area contributed by atoms with Crippen LogP contribution in [0.4, 0.5) is 0 Å². The Hall–Kier alpha value is -3.61. The number of ether oxygens (including phenoxy) is 1. The molecule has 150 valence electrons. The summed E-state index contributed by atoms with van der Waals surface area (Å²) in [4.78, 5) is 36.4. The summed E-state index contributed by atoms with van der Waals surface area (Å²) in [5, 5.41) is 13.0. The van der Waals surface area contributed by atoms with Crippen LogP contribution in [0.2, 0.25) is 0 Å². The molecule has 0 saturated carbocycles. The van der Waals surface area contributed by atoms with Crippen molar-refractivity contribution in [1.29, 1.82) is 0 Å². The van der Waals surface area contributed by atoms with E-state index in [9.17, 15) is 19.5 Å². The molecule has 3 aromatic rings. The fourth-order valence-corrected chi connectivity index (χ4v) is 2.81. The van der Waals surface area contributed by atoms with E-state index >= 15 is 0 Å². The Morgan fingerprint density at radius 3 is 2.41 bits per heavy atom. The van der Waals surface area contributed by atoms with Crippen LogP contribution in [0.15, 0.2) is 57.7 Å². The minimum atomic E-state index is -0.998. The van der Waals surface area contributed by atoms with E-state index in [-0.39, 0.29) is 11.0 Å². The average Bonchev–Trinajstić information content (AvgIpc) is 2.65. The van der Waals surface area contributed by atoms with Crippen LogP contribution >= 0.6 is 0 Å². The van der Waals surface area contributed by atoms with Gasteiger partial charge in [-0.05, 0) is 44.0 Å². The first-order valence-corrected chi connectivity index (χ1v) is 9.01. The number of rotatable bonds is 4. The van der Waals surface area contributed by atoms with E-state index in [0.29, 0.717) is 0 Å². The van der Waals surface area contributed by atoms with Crippen molar-refractivity contribution in [3.63, 3.8) is 0 Å². The summed E-state index contributed by atoms with van der Waals surface area (Å²) < 4.78 is 10.3. The number of aromatic hydroxyl groups is 1. The summed E-state index contributed by atoms with van der Waals surface area (Å²) in [6.07, 6.45) is 0. The van der Waals surface area contributed by atoms with Crippen molar-refractivity contribution in [2.75, 3.05) is 6.54 Å². The van der Waals surface area contributed by atoms with Gasteiger partial charge >= 0.3 is 11.6 Å². The molecule has 0 aliphatic rings. The first kappa shape index (κ1) is 20.1. The maximum absolute atomic E-state index is 12.3. The van der Waals surface area contributed by atoms with Crippen LogP contribution in [0.1, 0.15) is 31.1 Å². The lowest BCUT2D eigenvalue weighted by Crippen LogP contribution is -2.36. The maximum Gasteiger partial charge on any atom is 0.353 e. The number of amides is 1. The molecule has 29 heavy (non-hydrogen) atoms. The molecule has 2 aromatic carbocycles. The molecule has 1 aromatic heterocycles. The van der Waals surface area contributed by atoms with E-state index in [4.69, 9.17) is 9.15 Å². The first-order chi connectivity index (χ1) is 13.7. The van der Waals surface area contributed by atoms with Crippen LogP contribution in [0.5, 0.6) is 5.75 Å². The second kappa shape index (κ2) is 7.79. The Balaban J connectivity index is 1.89. The van der Waals surface area contributed by atoms with Crippen molar-refractivity contribution in [3.8, 4) is 16.9 Å². The third-order valence-corrected chi connectivity index (χ3v) is 4.03. The number of nitrogens with one attached hydrogen (secondary N) is 1. The number of fused-ring (bicyclic) bond motifs is 1. The fraction of sp³-hybridized carbons (Fsp3) is 0.227. The molecule has 0 radical (unpaired) electrons. The molecule has 0 fully saturated rings. The van der Waals surface area contributed by atoms with E-state index < -0.39 is 41.0 Å². The summed E-state index contributed by atoms with van der Waals surface area (Å²) in [6.45, 7) is 4.64. The lowest BCUT2D eigenvalue weighted by atomic mass is 10.0. The molecule has 1 heterocycles. The number of esters is 1. The van der Waals surface area contributed by atoms with Crippen LogP contribution in [-0.2, 0) is 9.53 Å². The van der Waals surface area contributed by atoms with E-state index in [2.05, 4.69) is 5.32 Å². The second-order valence-electron chi connectivity index (χ2n) is 7.46. The highest BCUT2D eigenvalue weighted by Crippen LogP contribution is 2.30. The number of benzene rings is 2. The van der Waals surface area contributed by atoms with Gasteiger partial charge in [0.25, 0.3) is 5.91 Å². The van der Waals surface area contributed by atoms with Gasteiger partial charge in [-0.25, -0.2) is 4.79 Å². The standard InChI is InChI=1S/C22H21NO6/c1-22(2,3)29-17(24)12-23-20(26)18-19(25)15-10-9-14(11-16(15)28-21(18)27)13-7-5-4-6-8-13/h4-11,25H,12H2,1-3H3,(H,23,26). The van der Waals surface area contributed by atoms with Gasteiger partial charge in [-0.15, -0.1) is 0 Å². The lowest BCUT2D eigenvalue weighted by Gasteiger charge is -2.19. The average molecular weight is 395 g/mol. The molecular formula is C22H21NO6. The van der Waals surface area contributed by atoms with Crippen molar-refractivity contribution in [2.45, 2.75) is 26.4 Å². The summed E-state index contributed by atoms with van der Waals surface area (Å²) in [5.41, 5.74) is -0.408. The van der Waals surface area contributed by atoms with Gasteiger partial charge in [0, 0.05) is 0 Å². The van der Waals surface area contributed by atoms with Crippen molar-refractivity contribution >= 4 is 22.8 Å². The fourth-order valence-electron chi connectivity index (χ4n) is 2.81. The first-order valence-electron chi connectivity index (χ1n) is 9.01. The minimum absolute atomic E-state index is 0.151. The molecule has 3 rings (SSSR count). The number of hydrogen-bond donors (Lipinski definition) is 2. The monoisotopic (exact) mass is 395 g/mol. The van der Waals surface area contributed by atoms with Crippen LogP contribution < -0.4 is 10.9 Å². The Morgan fingerprint density at radius 1 is 1.07 bits per heavy atom. The predicted octanol–water partition coefficient (Wildman–Crippen LogP) is 3.24. The van der Waals surface area contributed by atoms with Crippen molar-refractivity contribution in [2.24, 2.45) is 0 Å². The Bertz CT molecular complexity index is 1130. The van der Waals surface area contributed by atoms with Crippen LogP contribution in [0.3, 0.4) is 0 Å². The second-order valence-corrected chi connectivity index (χ2v) is 7.46. The van der Waals surface area contributed by atoms with E-state index in [1.165, 1.54) is 0 Å². The van der Waals surface area contributed by atoms with E-state index in [0.717, 1.165) is 11.1 Å². The predicted molar refractivity (Wildman–Crippen MR) is 108 cm³/mol. The molecule has 0 saturated heterocycles. The van der Waals surface area contributed by atoms with Crippen molar-refractivity contribution in [1.82, 2.24) is 5.32 Å². The number of carbonyl (C=O) groups excluding carboxylic acids is 2. The van der Waals surface area contributed by atoms with Gasteiger partial charge < -0.3 is 19.6 Å². The Kier molecular flexibility index (Phi) is 5.41. The molecular weight excluding hydrogens is 374 g/mol. The van der Waals surface area contributed by atoms with E-state index in [1.54, 1.807) is 39.0 Å². The van der Waals surface area contributed by atoms with Crippen molar-refractivity contribution in [3.05, 3.63) is 64.5 Å². The summed E-state index contributed by atoms with van der Waals surface area (Å²) in [5.74, 6) is -2.09. The molecule has 1 amide bonds. The van der Waals surface area contributed by atoms with Gasteiger partial charge in [-0.1, -0.05) is 36.4 Å². The molecule has 0 atom stereocenters. The van der Waals surface area contributed by atoms with Crippen LogP contribution in [0.25, 0.3) is 22.1 Å². The summed E-state index contributed by atoms with van der Waals surface area (Å²) in [7, 11) is 0. The lowest BCUT2D eigenvalue weighted by molar-refractivity contribution is -0.153. The number of hydrogen-bond acceptors (Lipinski definition) is 6. The number of carbonyl (C=O) groups is 2.